The molecule has 0 aromatic heterocycles. The van der Waals surface area contributed by atoms with E-state index in [4.69, 9.17) is 0 Å². The fraction of sp³-hybridized carbons (Fsp3) is 0.333. The predicted molar refractivity (Wildman–Crippen MR) is 54.8 cm³/mol. The molecule has 0 unspecified atom stereocenters. The van der Waals surface area contributed by atoms with Crippen LogP contribution in [-0.2, 0) is 0 Å². The second-order valence-electron chi connectivity index (χ2n) is 2.48. The topological polar surface area (TPSA) is 28.0 Å². The standard InChI is InChI=1S/C9H12F3N3/c1-3-6-13-8-14-15(4-2)7-5-9(10,11)12/h3-4,6,8H,1-2,5,7H2/b13-6?,14-8-. The summed E-state index contributed by atoms with van der Waals surface area (Å²) in [6.45, 7) is 6.44. The highest BCUT2D eigenvalue weighted by Crippen LogP contribution is 2.19. The van der Waals surface area contributed by atoms with Gasteiger partial charge in [0.1, 0.15) is 6.34 Å². The predicted octanol–water partition coefficient (Wildman–Crippen LogP) is 2.58. The first kappa shape index (κ1) is 13.4. The first-order chi connectivity index (χ1) is 6.99. The van der Waals surface area contributed by atoms with Gasteiger partial charge in [0, 0.05) is 19.0 Å². The maximum absolute atomic E-state index is 11.8. The van der Waals surface area contributed by atoms with E-state index >= 15 is 0 Å². The molecule has 0 bridgehead atoms. The summed E-state index contributed by atoms with van der Waals surface area (Å²) in [7, 11) is 0. The van der Waals surface area contributed by atoms with E-state index in [0.717, 1.165) is 11.3 Å². The van der Waals surface area contributed by atoms with Crippen LogP contribution in [0.5, 0.6) is 0 Å². The maximum atomic E-state index is 11.8. The van der Waals surface area contributed by atoms with Gasteiger partial charge < -0.3 is 0 Å². The minimum atomic E-state index is -4.19. The van der Waals surface area contributed by atoms with Crippen LogP contribution in [0, 0.1) is 0 Å². The molecule has 3 nitrogen and oxygen atoms in total. The van der Waals surface area contributed by atoms with E-state index in [1.54, 1.807) is 0 Å². The van der Waals surface area contributed by atoms with Crippen LogP contribution in [0.25, 0.3) is 0 Å². The molecule has 0 aliphatic rings. The van der Waals surface area contributed by atoms with Gasteiger partial charge >= 0.3 is 6.18 Å². The van der Waals surface area contributed by atoms with Gasteiger partial charge in [-0.25, -0.2) is 4.99 Å². The van der Waals surface area contributed by atoms with E-state index in [1.807, 2.05) is 0 Å². The highest BCUT2D eigenvalue weighted by Gasteiger charge is 2.27. The summed E-state index contributed by atoms with van der Waals surface area (Å²) in [5.41, 5.74) is 0. The number of nitrogens with zero attached hydrogens (tertiary/aromatic N) is 3. The van der Waals surface area contributed by atoms with Crippen LogP contribution >= 0.6 is 0 Å². The molecule has 0 atom stereocenters. The Balaban J connectivity index is 4.03. The lowest BCUT2D eigenvalue weighted by atomic mass is 10.4. The van der Waals surface area contributed by atoms with Crippen LogP contribution < -0.4 is 0 Å². The van der Waals surface area contributed by atoms with Crippen molar-refractivity contribution in [1.82, 2.24) is 5.01 Å². The number of halogens is 3. The Bertz CT molecular complexity index is 256. The third-order valence-electron chi connectivity index (χ3n) is 1.29. The molecule has 0 fully saturated rings. The molecule has 0 saturated carbocycles. The second-order valence-corrected chi connectivity index (χ2v) is 2.48. The van der Waals surface area contributed by atoms with Crippen molar-refractivity contribution in [3.05, 3.63) is 25.4 Å². The molecular weight excluding hydrogens is 207 g/mol. The number of hydrogen-bond acceptors (Lipinski definition) is 2. The fourth-order valence-electron chi connectivity index (χ4n) is 0.633. The number of allylic oxidation sites excluding steroid dienone is 1. The molecule has 0 radical (unpaired) electrons. The maximum Gasteiger partial charge on any atom is 0.390 e. The van der Waals surface area contributed by atoms with Crippen molar-refractivity contribution in [3.8, 4) is 0 Å². The van der Waals surface area contributed by atoms with E-state index in [9.17, 15) is 13.2 Å². The molecule has 0 heterocycles. The Hall–Kier alpha value is -1.59. The quantitative estimate of drug-likeness (QED) is 0.383. The number of hydrogen-bond donors (Lipinski definition) is 0. The molecule has 15 heavy (non-hydrogen) atoms. The van der Waals surface area contributed by atoms with Crippen molar-refractivity contribution in [3.63, 3.8) is 0 Å². The Morgan fingerprint density at radius 1 is 1.27 bits per heavy atom. The van der Waals surface area contributed by atoms with Gasteiger partial charge in [0.2, 0.25) is 0 Å². The van der Waals surface area contributed by atoms with Crippen molar-refractivity contribution in [1.29, 1.82) is 0 Å². The van der Waals surface area contributed by atoms with Crippen LogP contribution in [0.1, 0.15) is 6.42 Å². The molecule has 84 valence electrons. The van der Waals surface area contributed by atoms with Crippen LogP contribution in [0.3, 0.4) is 0 Å². The van der Waals surface area contributed by atoms with Gasteiger partial charge in [-0.1, -0.05) is 19.2 Å². The zero-order chi connectivity index (χ0) is 11.7. The average molecular weight is 219 g/mol. The Labute approximate surface area is 86.3 Å². The highest BCUT2D eigenvalue weighted by molar-refractivity contribution is 5.79. The number of hydrazone groups is 1. The zero-order valence-corrected chi connectivity index (χ0v) is 8.11. The van der Waals surface area contributed by atoms with Gasteiger partial charge in [-0.3, -0.25) is 5.01 Å². The Kier molecular flexibility index (Phi) is 6.08. The lowest BCUT2D eigenvalue weighted by Gasteiger charge is -2.13. The Morgan fingerprint density at radius 2 is 1.93 bits per heavy atom. The molecule has 0 N–H and O–H groups in total. The number of alkyl halides is 3. The van der Waals surface area contributed by atoms with Crippen molar-refractivity contribution >= 4 is 12.6 Å². The van der Waals surface area contributed by atoms with Crippen LogP contribution in [0.15, 0.2) is 35.5 Å². The monoisotopic (exact) mass is 219 g/mol. The minimum absolute atomic E-state index is 0.271. The van der Waals surface area contributed by atoms with Crippen molar-refractivity contribution in [2.45, 2.75) is 12.6 Å². The van der Waals surface area contributed by atoms with Gasteiger partial charge in [0.05, 0.1) is 6.42 Å². The van der Waals surface area contributed by atoms with Crippen LogP contribution in [0.4, 0.5) is 13.2 Å². The fourth-order valence-corrected chi connectivity index (χ4v) is 0.633. The molecule has 0 rings (SSSR count). The van der Waals surface area contributed by atoms with E-state index in [1.165, 1.54) is 18.5 Å². The lowest BCUT2D eigenvalue weighted by Crippen LogP contribution is -2.19. The van der Waals surface area contributed by atoms with Crippen molar-refractivity contribution in [2.75, 3.05) is 6.54 Å². The van der Waals surface area contributed by atoms with Gasteiger partial charge in [-0.2, -0.15) is 18.3 Å². The highest BCUT2D eigenvalue weighted by atomic mass is 19.4. The molecule has 6 heteroatoms. The van der Waals surface area contributed by atoms with Crippen LogP contribution in [-0.4, -0.2) is 30.3 Å². The molecule has 0 aromatic rings. The SMILES string of the molecule is C=CC=N/C=N\N(C=C)CCC(F)(F)F. The zero-order valence-electron chi connectivity index (χ0n) is 8.11. The van der Waals surface area contributed by atoms with Crippen molar-refractivity contribution < 1.29 is 13.2 Å². The first-order valence-corrected chi connectivity index (χ1v) is 4.12. The molecule has 0 saturated heterocycles. The lowest BCUT2D eigenvalue weighted by molar-refractivity contribution is -0.136. The molecule has 0 amide bonds. The molecule has 0 aromatic carbocycles. The molecular formula is C9H12F3N3. The van der Waals surface area contributed by atoms with E-state index < -0.39 is 12.6 Å². The second kappa shape index (κ2) is 6.80. The summed E-state index contributed by atoms with van der Waals surface area (Å²) >= 11 is 0. The van der Waals surface area contributed by atoms with Gasteiger partial charge in [0.15, 0.2) is 0 Å². The summed E-state index contributed by atoms with van der Waals surface area (Å²) in [5.74, 6) is 0. The summed E-state index contributed by atoms with van der Waals surface area (Å²) in [6.07, 6.45) is -0.0113. The first-order valence-electron chi connectivity index (χ1n) is 4.12. The molecule has 0 spiro atoms. The smallest absolute Gasteiger partial charge is 0.272 e. The molecule has 0 aliphatic heterocycles. The normalized spacial score (nSPS) is 12.2. The third kappa shape index (κ3) is 8.73. The third-order valence-corrected chi connectivity index (χ3v) is 1.29. The number of aliphatic imine (C=N–C) groups is 1. The average Bonchev–Trinajstić information content (AvgIpc) is 2.15. The van der Waals surface area contributed by atoms with Gasteiger partial charge in [0.25, 0.3) is 0 Å². The van der Waals surface area contributed by atoms with Crippen molar-refractivity contribution in [2.24, 2.45) is 10.1 Å². The summed E-state index contributed by atoms with van der Waals surface area (Å²) in [6, 6.07) is 0. The van der Waals surface area contributed by atoms with E-state index in [0.29, 0.717) is 0 Å². The van der Waals surface area contributed by atoms with E-state index in [-0.39, 0.29) is 6.54 Å². The largest absolute Gasteiger partial charge is 0.390 e. The van der Waals surface area contributed by atoms with Crippen LogP contribution in [0.2, 0.25) is 0 Å². The summed E-state index contributed by atoms with van der Waals surface area (Å²) in [4.78, 5) is 3.62. The van der Waals surface area contributed by atoms with Gasteiger partial charge in [-0.05, 0) is 0 Å². The van der Waals surface area contributed by atoms with Gasteiger partial charge in [-0.15, -0.1) is 0 Å². The summed E-state index contributed by atoms with van der Waals surface area (Å²) in [5, 5.41) is 4.69. The Morgan fingerprint density at radius 3 is 2.40 bits per heavy atom. The summed E-state index contributed by atoms with van der Waals surface area (Å²) < 4.78 is 35.5. The minimum Gasteiger partial charge on any atom is -0.272 e. The molecule has 0 aliphatic carbocycles. The van der Waals surface area contributed by atoms with E-state index in [2.05, 4.69) is 23.3 Å². The number of rotatable bonds is 6.